The van der Waals surface area contributed by atoms with E-state index in [1.807, 2.05) is 36.2 Å². The molecule has 5 nitrogen and oxygen atoms in total. The third-order valence-corrected chi connectivity index (χ3v) is 3.76. The number of nitrogens with zero attached hydrogens (tertiary/aromatic N) is 2. The van der Waals surface area contributed by atoms with Gasteiger partial charge in [-0.05, 0) is 37.0 Å². The van der Waals surface area contributed by atoms with Crippen LogP contribution in [0.1, 0.15) is 35.2 Å². The van der Waals surface area contributed by atoms with E-state index in [2.05, 4.69) is 15.6 Å². The number of nitrogens with one attached hydrogen (secondary N) is 2. The van der Waals surface area contributed by atoms with E-state index in [1.165, 1.54) is 6.42 Å². The van der Waals surface area contributed by atoms with Crippen LogP contribution in [0.15, 0.2) is 29.3 Å². The Bertz CT molecular complexity index is 490. The molecule has 0 radical (unpaired) electrons. The minimum atomic E-state index is 0.153. The van der Waals surface area contributed by atoms with Crippen LogP contribution in [0.4, 0.5) is 0 Å². The number of piperidine rings is 1. The number of amides is 1. The number of hydrogen-bond donors (Lipinski definition) is 2. The number of likely N-dealkylation sites (tertiary alicyclic amines) is 1. The summed E-state index contributed by atoms with van der Waals surface area (Å²) in [4.78, 5) is 18.4. The van der Waals surface area contributed by atoms with Crippen LogP contribution in [0, 0.1) is 0 Å². The van der Waals surface area contributed by atoms with Gasteiger partial charge in [-0.2, -0.15) is 0 Å². The molecule has 0 unspecified atom stereocenters. The number of aliphatic imine (C=N–C) groups is 1. The molecule has 1 heterocycles. The summed E-state index contributed by atoms with van der Waals surface area (Å²) in [5, 5.41) is 6.16. The van der Waals surface area contributed by atoms with Gasteiger partial charge in [0.05, 0.1) is 0 Å². The molecule has 1 aliphatic rings. The molecule has 0 atom stereocenters. The molecule has 2 rings (SSSR count). The normalized spacial score (nSPS) is 15.7. The highest BCUT2D eigenvalue weighted by molar-refractivity contribution is 5.94. The summed E-state index contributed by atoms with van der Waals surface area (Å²) in [5.41, 5.74) is 1.90. The van der Waals surface area contributed by atoms with Crippen molar-refractivity contribution in [2.45, 2.75) is 25.8 Å². The van der Waals surface area contributed by atoms with E-state index < -0.39 is 0 Å². The molecule has 1 amide bonds. The summed E-state index contributed by atoms with van der Waals surface area (Å²) >= 11 is 0. The van der Waals surface area contributed by atoms with Gasteiger partial charge in [-0.25, -0.2) is 0 Å². The van der Waals surface area contributed by atoms with E-state index in [4.69, 9.17) is 0 Å². The predicted octanol–water partition coefficient (Wildman–Crippen LogP) is 1.61. The third-order valence-electron chi connectivity index (χ3n) is 3.76. The molecule has 0 bridgehead atoms. The Hall–Kier alpha value is -2.04. The second-order valence-electron chi connectivity index (χ2n) is 5.23. The maximum absolute atomic E-state index is 12.4. The minimum absolute atomic E-state index is 0.153. The van der Waals surface area contributed by atoms with Crippen molar-refractivity contribution in [1.82, 2.24) is 15.5 Å². The maximum atomic E-state index is 12.4. The molecule has 114 valence electrons. The first kappa shape index (κ1) is 15.4. The zero-order chi connectivity index (χ0) is 15.1. The average Bonchev–Trinajstić information content (AvgIpc) is 2.56. The Balaban J connectivity index is 1.93. The Morgan fingerprint density at radius 1 is 1.19 bits per heavy atom. The second-order valence-corrected chi connectivity index (χ2v) is 5.23. The van der Waals surface area contributed by atoms with Gasteiger partial charge in [0.1, 0.15) is 0 Å². The lowest BCUT2D eigenvalue weighted by molar-refractivity contribution is 0.0724. The molecule has 2 N–H and O–H groups in total. The van der Waals surface area contributed by atoms with Gasteiger partial charge in [0.25, 0.3) is 5.91 Å². The van der Waals surface area contributed by atoms with E-state index in [1.54, 1.807) is 7.05 Å². The van der Waals surface area contributed by atoms with Crippen molar-refractivity contribution in [2.75, 3.05) is 27.2 Å². The van der Waals surface area contributed by atoms with Gasteiger partial charge in [-0.1, -0.05) is 12.1 Å². The summed E-state index contributed by atoms with van der Waals surface area (Å²) in [5.74, 6) is 0.906. The number of rotatable bonds is 3. The highest BCUT2D eigenvalue weighted by Crippen LogP contribution is 2.13. The largest absolute Gasteiger partial charge is 0.359 e. The van der Waals surface area contributed by atoms with Crippen molar-refractivity contribution in [2.24, 2.45) is 4.99 Å². The van der Waals surface area contributed by atoms with E-state index in [0.29, 0.717) is 6.54 Å². The van der Waals surface area contributed by atoms with Crippen LogP contribution >= 0.6 is 0 Å². The molecule has 0 aliphatic carbocycles. The Morgan fingerprint density at radius 2 is 1.86 bits per heavy atom. The second kappa shape index (κ2) is 7.67. The molecule has 1 fully saturated rings. The van der Waals surface area contributed by atoms with Crippen LogP contribution in [-0.2, 0) is 6.54 Å². The van der Waals surface area contributed by atoms with Crippen molar-refractivity contribution >= 4 is 11.9 Å². The monoisotopic (exact) mass is 288 g/mol. The minimum Gasteiger partial charge on any atom is -0.359 e. The van der Waals surface area contributed by atoms with Crippen molar-refractivity contribution in [3.8, 4) is 0 Å². The molecular formula is C16H24N4O. The molecule has 1 aliphatic heterocycles. The summed E-state index contributed by atoms with van der Waals surface area (Å²) in [7, 11) is 3.56. The van der Waals surface area contributed by atoms with Crippen LogP contribution in [0.2, 0.25) is 0 Å². The van der Waals surface area contributed by atoms with Crippen molar-refractivity contribution < 1.29 is 4.79 Å². The molecule has 1 aromatic rings. The Labute approximate surface area is 126 Å². The number of hydrogen-bond acceptors (Lipinski definition) is 2. The van der Waals surface area contributed by atoms with Crippen molar-refractivity contribution in [1.29, 1.82) is 0 Å². The van der Waals surface area contributed by atoms with Crippen LogP contribution in [-0.4, -0.2) is 44.0 Å². The lowest BCUT2D eigenvalue weighted by atomic mass is 10.1. The fourth-order valence-corrected chi connectivity index (χ4v) is 2.51. The first-order valence-corrected chi connectivity index (χ1v) is 7.51. The molecule has 1 aromatic carbocycles. The first-order valence-electron chi connectivity index (χ1n) is 7.51. The smallest absolute Gasteiger partial charge is 0.253 e. The van der Waals surface area contributed by atoms with E-state index in [0.717, 1.165) is 43.0 Å². The zero-order valence-corrected chi connectivity index (χ0v) is 12.9. The summed E-state index contributed by atoms with van der Waals surface area (Å²) in [6, 6.07) is 7.81. The van der Waals surface area contributed by atoms with Crippen LogP contribution in [0.3, 0.4) is 0 Å². The lowest BCUT2D eigenvalue weighted by Gasteiger charge is -2.26. The highest BCUT2D eigenvalue weighted by atomic mass is 16.2. The van der Waals surface area contributed by atoms with E-state index in [9.17, 15) is 4.79 Å². The van der Waals surface area contributed by atoms with E-state index >= 15 is 0 Å². The number of carbonyl (C=O) groups excluding carboxylic acids is 1. The van der Waals surface area contributed by atoms with Gasteiger partial charge < -0.3 is 15.5 Å². The molecular weight excluding hydrogens is 264 g/mol. The molecule has 21 heavy (non-hydrogen) atoms. The topological polar surface area (TPSA) is 56.7 Å². The molecule has 0 saturated carbocycles. The van der Waals surface area contributed by atoms with Gasteiger partial charge in [0.15, 0.2) is 5.96 Å². The van der Waals surface area contributed by atoms with Gasteiger partial charge in [0.2, 0.25) is 0 Å². The number of benzene rings is 1. The van der Waals surface area contributed by atoms with Gasteiger partial charge >= 0.3 is 0 Å². The average molecular weight is 288 g/mol. The SMILES string of the molecule is CN=C(NC)NCc1ccc(C(=O)N2CCCCC2)cc1. The lowest BCUT2D eigenvalue weighted by Crippen LogP contribution is -2.35. The standard InChI is InChI=1S/C16H24N4O/c1-17-16(18-2)19-12-13-6-8-14(9-7-13)15(21)20-10-4-3-5-11-20/h6-9H,3-5,10-12H2,1-2H3,(H2,17,18,19). The Morgan fingerprint density at radius 3 is 2.43 bits per heavy atom. The number of carbonyl (C=O) groups is 1. The van der Waals surface area contributed by atoms with Crippen molar-refractivity contribution in [3.63, 3.8) is 0 Å². The zero-order valence-electron chi connectivity index (χ0n) is 12.9. The van der Waals surface area contributed by atoms with Gasteiger partial charge in [-0.15, -0.1) is 0 Å². The van der Waals surface area contributed by atoms with Crippen LogP contribution < -0.4 is 10.6 Å². The fourth-order valence-electron chi connectivity index (χ4n) is 2.51. The van der Waals surface area contributed by atoms with E-state index in [-0.39, 0.29) is 5.91 Å². The van der Waals surface area contributed by atoms with Crippen LogP contribution in [0.25, 0.3) is 0 Å². The van der Waals surface area contributed by atoms with Crippen LogP contribution in [0.5, 0.6) is 0 Å². The van der Waals surface area contributed by atoms with Crippen molar-refractivity contribution in [3.05, 3.63) is 35.4 Å². The van der Waals surface area contributed by atoms with Gasteiger partial charge in [-0.3, -0.25) is 9.79 Å². The quantitative estimate of drug-likeness (QED) is 0.656. The third kappa shape index (κ3) is 4.21. The Kier molecular flexibility index (Phi) is 5.60. The van der Waals surface area contributed by atoms with Gasteiger partial charge in [0, 0.05) is 39.3 Å². The molecule has 0 spiro atoms. The predicted molar refractivity (Wildman–Crippen MR) is 85.5 cm³/mol. The fraction of sp³-hybridized carbons (Fsp3) is 0.500. The summed E-state index contributed by atoms with van der Waals surface area (Å²) in [6.45, 7) is 2.47. The maximum Gasteiger partial charge on any atom is 0.253 e. The molecule has 1 saturated heterocycles. The molecule has 5 heteroatoms. The molecule has 0 aromatic heterocycles. The number of guanidine groups is 1. The first-order chi connectivity index (χ1) is 10.2. The summed E-state index contributed by atoms with van der Waals surface area (Å²) in [6.07, 6.45) is 3.48. The highest BCUT2D eigenvalue weighted by Gasteiger charge is 2.17. The summed E-state index contributed by atoms with van der Waals surface area (Å²) < 4.78 is 0.